The van der Waals surface area contributed by atoms with Gasteiger partial charge in [-0.15, -0.1) is 0 Å². The molecule has 0 bridgehead atoms. The molecule has 1 aromatic rings. The third-order valence-corrected chi connectivity index (χ3v) is 3.54. The van der Waals surface area contributed by atoms with Gasteiger partial charge in [0.05, 0.1) is 12.1 Å². The number of amides is 1. The van der Waals surface area contributed by atoms with Crippen LogP contribution in [0.1, 0.15) is 10.4 Å². The molecule has 1 fully saturated rings. The second-order valence-electron chi connectivity index (χ2n) is 4.02. The highest BCUT2D eigenvalue weighted by Gasteiger charge is 2.28. The molecule has 4 nitrogen and oxygen atoms in total. The highest BCUT2D eigenvalue weighted by Crippen LogP contribution is 2.09. The van der Waals surface area contributed by atoms with Crippen LogP contribution in [0.25, 0.3) is 0 Å². The number of ether oxygens (including phenoxy) is 1. The fraction of sp³-hybridized carbons (Fsp3) is 0.417. The molecule has 1 amide bonds. The number of methoxy groups -OCH3 is 1. The van der Waals surface area contributed by atoms with Crippen molar-refractivity contribution in [1.82, 2.24) is 10.6 Å². The molecule has 0 radical (unpaired) electrons. The average Bonchev–Trinajstić information content (AvgIpc) is 2.76. The summed E-state index contributed by atoms with van der Waals surface area (Å²) in [4.78, 5) is 12.0. The lowest BCUT2D eigenvalue weighted by molar-refractivity contribution is 0.0780. The zero-order valence-electron chi connectivity index (χ0n) is 9.57. The molecule has 2 atom stereocenters. The number of hydrogen-bond acceptors (Lipinski definition) is 3. The minimum atomic E-state index is -0.0423. The van der Waals surface area contributed by atoms with Gasteiger partial charge in [0.15, 0.2) is 0 Å². The van der Waals surface area contributed by atoms with Crippen molar-refractivity contribution in [2.45, 2.75) is 12.1 Å². The van der Waals surface area contributed by atoms with Crippen molar-refractivity contribution >= 4 is 28.5 Å². The molecule has 92 valence electrons. The molecule has 0 aliphatic carbocycles. The normalized spacial score (nSPS) is 23.6. The first-order chi connectivity index (χ1) is 8.20. The van der Waals surface area contributed by atoms with Gasteiger partial charge in [-0.1, -0.05) is 6.07 Å². The molecule has 1 saturated heterocycles. The summed E-state index contributed by atoms with van der Waals surface area (Å²) in [7, 11) is 1.67. The molecule has 1 unspecified atom stereocenters. The van der Waals surface area contributed by atoms with Crippen molar-refractivity contribution < 1.29 is 9.53 Å². The second-order valence-corrected chi connectivity index (χ2v) is 5.27. The van der Waals surface area contributed by atoms with Crippen molar-refractivity contribution in [2.75, 3.05) is 20.2 Å². The Balaban J connectivity index is 2.01. The van der Waals surface area contributed by atoms with Crippen molar-refractivity contribution in [2.24, 2.45) is 0 Å². The minimum Gasteiger partial charge on any atom is -0.378 e. The van der Waals surface area contributed by atoms with E-state index in [9.17, 15) is 4.79 Å². The molecule has 5 heteroatoms. The van der Waals surface area contributed by atoms with Crippen LogP contribution in [0.4, 0.5) is 0 Å². The maximum atomic E-state index is 12.0. The van der Waals surface area contributed by atoms with Gasteiger partial charge >= 0.3 is 0 Å². The van der Waals surface area contributed by atoms with Gasteiger partial charge in [0.2, 0.25) is 0 Å². The first-order valence-electron chi connectivity index (χ1n) is 5.50. The summed E-state index contributed by atoms with van der Waals surface area (Å²) >= 11 is 2.20. The summed E-state index contributed by atoms with van der Waals surface area (Å²) in [5.74, 6) is -0.0423. The van der Waals surface area contributed by atoms with Gasteiger partial charge in [-0.2, -0.15) is 0 Å². The summed E-state index contributed by atoms with van der Waals surface area (Å²) in [6.45, 7) is 1.54. The molecular formula is C12H15IN2O2. The highest BCUT2D eigenvalue weighted by atomic mass is 127. The van der Waals surface area contributed by atoms with Crippen LogP contribution in [-0.4, -0.2) is 38.3 Å². The summed E-state index contributed by atoms with van der Waals surface area (Å²) < 4.78 is 6.36. The quantitative estimate of drug-likeness (QED) is 0.804. The number of benzene rings is 1. The van der Waals surface area contributed by atoms with Gasteiger partial charge in [0.1, 0.15) is 0 Å². The molecule has 1 aliphatic rings. The van der Waals surface area contributed by atoms with E-state index in [-0.39, 0.29) is 18.1 Å². The van der Waals surface area contributed by atoms with Crippen LogP contribution >= 0.6 is 22.6 Å². The van der Waals surface area contributed by atoms with E-state index in [2.05, 4.69) is 33.2 Å². The monoisotopic (exact) mass is 346 g/mol. The number of carbonyl (C=O) groups excluding carboxylic acids is 1. The smallest absolute Gasteiger partial charge is 0.251 e. The van der Waals surface area contributed by atoms with E-state index in [0.29, 0.717) is 5.56 Å². The molecule has 1 aliphatic heterocycles. The van der Waals surface area contributed by atoms with Gasteiger partial charge < -0.3 is 15.4 Å². The zero-order chi connectivity index (χ0) is 12.3. The lowest BCUT2D eigenvalue weighted by Crippen LogP contribution is -2.43. The lowest BCUT2D eigenvalue weighted by Gasteiger charge is -2.18. The number of rotatable bonds is 3. The predicted molar refractivity (Wildman–Crippen MR) is 74.1 cm³/mol. The van der Waals surface area contributed by atoms with Gasteiger partial charge in [-0.25, -0.2) is 0 Å². The molecule has 2 rings (SSSR count). The average molecular weight is 346 g/mol. The molecule has 0 aromatic heterocycles. The van der Waals surface area contributed by atoms with E-state index in [1.807, 2.05) is 24.3 Å². The molecule has 1 heterocycles. The van der Waals surface area contributed by atoms with Gasteiger partial charge in [-0.3, -0.25) is 4.79 Å². The summed E-state index contributed by atoms with van der Waals surface area (Å²) in [5.41, 5.74) is 0.693. The fourth-order valence-corrected chi connectivity index (χ4v) is 2.47. The van der Waals surface area contributed by atoms with Crippen molar-refractivity contribution in [3.63, 3.8) is 0 Å². The Morgan fingerprint density at radius 3 is 3.06 bits per heavy atom. The number of nitrogens with one attached hydrogen (secondary N) is 2. The largest absolute Gasteiger partial charge is 0.378 e. The number of hydrogen-bond donors (Lipinski definition) is 2. The van der Waals surface area contributed by atoms with Crippen LogP contribution < -0.4 is 10.6 Å². The van der Waals surface area contributed by atoms with E-state index in [1.54, 1.807) is 7.11 Å². The van der Waals surface area contributed by atoms with E-state index >= 15 is 0 Å². The maximum absolute atomic E-state index is 12.0. The molecule has 0 spiro atoms. The Bertz CT molecular complexity index is 411. The number of carbonyl (C=O) groups is 1. The van der Waals surface area contributed by atoms with Crippen molar-refractivity contribution in [1.29, 1.82) is 0 Å². The van der Waals surface area contributed by atoms with Gasteiger partial charge in [0, 0.05) is 29.3 Å². The van der Waals surface area contributed by atoms with Crippen molar-refractivity contribution in [3.05, 3.63) is 33.4 Å². The standard InChI is InChI=1S/C12H15IN2O2/c1-17-11-7-14-6-10(11)15-12(16)8-3-2-4-9(13)5-8/h2-5,10-11,14H,6-7H2,1H3,(H,15,16)/t10?,11-/m1/s1. The zero-order valence-corrected chi connectivity index (χ0v) is 11.7. The van der Waals surface area contributed by atoms with Crippen LogP contribution in [0.15, 0.2) is 24.3 Å². The Morgan fingerprint density at radius 1 is 1.53 bits per heavy atom. The van der Waals surface area contributed by atoms with Gasteiger partial charge in [0.25, 0.3) is 5.91 Å². The van der Waals surface area contributed by atoms with E-state index in [4.69, 9.17) is 4.74 Å². The SMILES string of the molecule is CO[C@@H]1CNCC1NC(=O)c1cccc(I)c1. The Kier molecular flexibility index (Phi) is 4.36. The van der Waals surface area contributed by atoms with E-state index in [1.165, 1.54) is 0 Å². The minimum absolute atomic E-state index is 0.0423. The summed E-state index contributed by atoms with van der Waals surface area (Å²) in [5, 5.41) is 6.19. The lowest BCUT2D eigenvalue weighted by atomic mass is 10.1. The van der Waals surface area contributed by atoms with Crippen LogP contribution in [0.5, 0.6) is 0 Å². The predicted octanol–water partition coefficient (Wildman–Crippen LogP) is 1.01. The van der Waals surface area contributed by atoms with E-state index < -0.39 is 0 Å². The Labute approximate surface area is 114 Å². The van der Waals surface area contributed by atoms with Crippen LogP contribution in [0.2, 0.25) is 0 Å². The van der Waals surface area contributed by atoms with Crippen LogP contribution in [0.3, 0.4) is 0 Å². The second kappa shape index (κ2) is 5.79. The molecular weight excluding hydrogens is 331 g/mol. The van der Waals surface area contributed by atoms with Crippen LogP contribution in [-0.2, 0) is 4.74 Å². The summed E-state index contributed by atoms with van der Waals surface area (Å²) in [6, 6.07) is 7.59. The molecule has 17 heavy (non-hydrogen) atoms. The Morgan fingerprint density at radius 2 is 2.35 bits per heavy atom. The first kappa shape index (κ1) is 12.8. The number of halogens is 1. The van der Waals surface area contributed by atoms with Crippen molar-refractivity contribution in [3.8, 4) is 0 Å². The topological polar surface area (TPSA) is 50.4 Å². The molecule has 1 aromatic carbocycles. The van der Waals surface area contributed by atoms with E-state index in [0.717, 1.165) is 16.7 Å². The van der Waals surface area contributed by atoms with Gasteiger partial charge in [-0.05, 0) is 40.8 Å². The fourth-order valence-electron chi connectivity index (χ4n) is 1.93. The highest BCUT2D eigenvalue weighted by molar-refractivity contribution is 14.1. The maximum Gasteiger partial charge on any atom is 0.251 e. The molecule has 0 saturated carbocycles. The first-order valence-corrected chi connectivity index (χ1v) is 6.58. The third kappa shape index (κ3) is 3.17. The Hall–Kier alpha value is -0.660. The third-order valence-electron chi connectivity index (χ3n) is 2.86. The van der Waals surface area contributed by atoms with Crippen LogP contribution in [0, 0.1) is 3.57 Å². The summed E-state index contributed by atoms with van der Waals surface area (Å²) in [6.07, 6.45) is 0.0572. The molecule has 2 N–H and O–H groups in total.